The first kappa shape index (κ1) is 17.8. The third-order valence-electron chi connectivity index (χ3n) is 4.25. The molecule has 0 saturated heterocycles. The molecule has 0 spiro atoms. The number of fused-ring (bicyclic) bond motifs is 1. The van der Waals surface area contributed by atoms with Gasteiger partial charge in [-0.25, -0.2) is 4.98 Å². The Bertz CT molecular complexity index is 902. The third-order valence-corrected chi connectivity index (χ3v) is 4.25. The number of nitrogens with two attached hydrogens (primary N) is 1. The molecule has 0 aliphatic heterocycles. The number of nitrogens with zero attached hydrogens (tertiary/aromatic N) is 3. The Hall–Kier alpha value is -3.05. The average molecular weight is 348 g/mol. The Balaban J connectivity index is 2.11. The highest BCUT2D eigenvalue weighted by molar-refractivity contribution is 5.68. The lowest BCUT2D eigenvalue weighted by Gasteiger charge is -2.19. The standard InChI is InChI=1S/C21H24N4O/c1-4-12-24(13-5-2)15-19-21(16-6-9-18(26-3)10-7-16)23-20-11-8-17(22)14-25(19)20/h4-11,14H,1-2,12-13,15,22H2,3H3. The predicted octanol–water partition coefficient (Wildman–Crippen LogP) is 3.77. The maximum atomic E-state index is 6.02. The lowest BCUT2D eigenvalue weighted by molar-refractivity contribution is 0.323. The second-order valence-electron chi connectivity index (χ2n) is 6.10. The van der Waals surface area contributed by atoms with Gasteiger partial charge in [-0.1, -0.05) is 12.2 Å². The van der Waals surface area contributed by atoms with E-state index in [9.17, 15) is 0 Å². The fourth-order valence-corrected chi connectivity index (χ4v) is 3.02. The quantitative estimate of drug-likeness (QED) is 0.630. The third kappa shape index (κ3) is 3.63. The van der Waals surface area contributed by atoms with Gasteiger partial charge in [0.25, 0.3) is 0 Å². The van der Waals surface area contributed by atoms with E-state index >= 15 is 0 Å². The summed E-state index contributed by atoms with van der Waals surface area (Å²) < 4.78 is 7.33. The van der Waals surface area contributed by atoms with Crippen LogP contribution in [0, 0.1) is 0 Å². The molecule has 3 aromatic rings. The zero-order valence-electron chi connectivity index (χ0n) is 15.1. The zero-order valence-corrected chi connectivity index (χ0v) is 15.1. The van der Waals surface area contributed by atoms with Crippen LogP contribution in [-0.4, -0.2) is 34.5 Å². The Morgan fingerprint density at radius 1 is 1.12 bits per heavy atom. The molecule has 2 N–H and O–H groups in total. The van der Waals surface area contributed by atoms with Crippen molar-refractivity contribution in [1.82, 2.24) is 14.3 Å². The smallest absolute Gasteiger partial charge is 0.137 e. The Kier molecular flexibility index (Phi) is 5.39. The number of pyridine rings is 1. The van der Waals surface area contributed by atoms with Crippen molar-refractivity contribution >= 4 is 11.3 Å². The van der Waals surface area contributed by atoms with Gasteiger partial charge >= 0.3 is 0 Å². The van der Waals surface area contributed by atoms with E-state index in [4.69, 9.17) is 15.5 Å². The molecule has 0 radical (unpaired) electrons. The molecule has 1 aromatic carbocycles. The number of hydrogen-bond donors (Lipinski definition) is 1. The van der Waals surface area contributed by atoms with Gasteiger partial charge in [-0.2, -0.15) is 0 Å². The molecule has 26 heavy (non-hydrogen) atoms. The van der Waals surface area contributed by atoms with E-state index in [2.05, 4.69) is 22.5 Å². The molecule has 0 fully saturated rings. The first-order valence-corrected chi connectivity index (χ1v) is 8.51. The number of imidazole rings is 1. The van der Waals surface area contributed by atoms with Gasteiger partial charge < -0.3 is 14.9 Å². The van der Waals surface area contributed by atoms with Crippen LogP contribution in [0.4, 0.5) is 5.69 Å². The second-order valence-corrected chi connectivity index (χ2v) is 6.10. The summed E-state index contributed by atoms with van der Waals surface area (Å²) in [6.45, 7) is 9.96. The number of methoxy groups -OCH3 is 1. The normalized spacial score (nSPS) is 11.0. The van der Waals surface area contributed by atoms with E-state index in [1.165, 1.54) is 0 Å². The molecule has 0 aliphatic carbocycles. The van der Waals surface area contributed by atoms with Crippen LogP contribution >= 0.6 is 0 Å². The lowest BCUT2D eigenvalue weighted by Crippen LogP contribution is -2.24. The predicted molar refractivity (Wildman–Crippen MR) is 107 cm³/mol. The molecule has 0 saturated carbocycles. The molecule has 0 bridgehead atoms. The van der Waals surface area contributed by atoms with Gasteiger partial charge in [0.05, 0.1) is 18.5 Å². The summed E-state index contributed by atoms with van der Waals surface area (Å²) >= 11 is 0. The Labute approximate surface area is 154 Å². The van der Waals surface area contributed by atoms with Gasteiger partial charge in [0, 0.05) is 37.1 Å². The van der Waals surface area contributed by atoms with E-state index in [1.54, 1.807) is 7.11 Å². The van der Waals surface area contributed by atoms with Crippen LogP contribution in [0.2, 0.25) is 0 Å². The van der Waals surface area contributed by atoms with Gasteiger partial charge in [-0.3, -0.25) is 4.90 Å². The van der Waals surface area contributed by atoms with Crippen molar-refractivity contribution in [2.45, 2.75) is 6.54 Å². The largest absolute Gasteiger partial charge is 0.497 e. The number of nitrogen functional groups attached to an aromatic ring is 1. The van der Waals surface area contributed by atoms with E-state index < -0.39 is 0 Å². The molecule has 0 aliphatic rings. The summed E-state index contributed by atoms with van der Waals surface area (Å²) in [5.74, 6) is 0.822. The summed E-state index contributed by atoms with van der Waals surface area (Å²) in [6, 6.07) is 11.8. The molecular formula is C21H24N4O. The van der Waals surface area contributed by atoms with Gasteiger partial charge in [0.1, 0.15) is 11.4 Å². The van der Waals surface area contributed by atoms with Gasteiger partial charge in [-0.05, 0) is 36.4 Å². The van der Waals surface area contributed by atoms with E-state index in [0.29, 0.717) is 12.2 Å². The maximum absolute atomic E-state index is 6.02. The SMILES string of the molecule is C=CCN(CC=C)Cc1c(-c2ccc(OC)cc2)nc2ccc(N)cn12. The van der Waals surface area contributed by atoms with Gasteiger partial charge in [-0.15, -0.1) is 13.2 Å². The van der Waals surface area contributed by atoms with E-state index in [-0.39, 0.29) is 0 Å². The molecule has 0 unspecified atom stereocenters. The summed E-state index contributed by atoms with van der Waals surface area (Å²) in [5, 5.41) is 0. The number of aromatic nitrogens is 2. The summed E-state index contributed by atoms with van der Waals surface area (Å²) in [4.78, 5) is 7.09. The van der Waals surface area contributed by atoms with Crippen LogP contribution < -0.4 is 10.5 Å². The van der Waals surface area contributed by atoms with Crippen molar-refractivity contribution in [2.75, 3.05) is 25.9 Å². The maximum Gasteiger partial charge on any atom is 0.137 e. The molecule has 5 heteroatoms. The first-order valence-electron chi connectivity index (χ1n) is 8.51. The van der Waals surface area contributed by atoms with Gasteiger partial charge in [0.2, 0.25) is 0 Å². The zero-order chi connectivity index (χ0) is 18.5. The molecular weight excluding hydrogens is 324 g/mol. The molecule has 2 aromatic heterocycles. The van der Waals surface area contributed by atoms with Crippen LogP contribution in [0.5, 0.6) is 5.75 Å². The highest BCUT2D eigenvalue weighted by atomic mass is 16.5. The summed E-state index contributed by atoms with van der Waals surface area (Å²) in [7, 11) is 1.66. The molecule has 5 nitrogen and oxygen atoms in total. The minimum Gasteiger partial charge on any atom is -0.497 e. The summed E-state index contributed by atoms with van der Waals surface area (Å²) in [5.41, 5.74) is 10.7. The van der Waals surface area contributed by atoms with Crippen molar-refractivity contribution in [3.8, 4) is 17.0 Å². The minimum atomic E-state index is 0.705. The van der Waals surface area contributed by atoms with E-state index in [1.807, 2.05) is 54.7 Å². The number of hydrogen-bond acceptors (Lipinski definition) is 4. The van der Waals surface area contributed by atoms with E-state index in [0.717, 1.165) is 41.4 Å². The van der Waals surface area contributed by atoms with Crippen LogP contribution in [-0.2, 0) is 6.54 Å². The Morgan fingerprint density at radius 3 is 2.42 bits per heavy atom. The van der Waals surface area contributed by atoms with Crippen molar-refractivity contribution in [3.63, 3.8) is 0 Å². The topological polar surface area (TPSA) is 55.8 Å². The fourth-order valence-electron chi connectivity index (χ4n) is 3.02. The lowest BCUT2D eigenvalue weighted by atomic mass is 10.1. The van der Waals surface area contributed by atoms with Crippen LogP contribution in [0.25, 0.3) is 16.9 Å². The van der Waals surface area contributed by atoms with Crippen molar-refractivity contribution < 1.29 is 4.74 Å². The van der Waals surface area contributed by atoms with Crippen molar-refractivity contribution in [3.05, 3.63) is 73.6 Å². The molecule has 2 heterocycles. The molecule has 134 valence electrons. The number of rotatable bonds is 8. The minimum absolute atomic E-state index is 0.705. The number of anilines is 1. The second kappa shape index (κ2) is 7.89. The molecule has 0 amide bonds. The molecule has 0 atom stereocenters. The summed E-state index contributed by atoms with van der Waals surface area (Å²) in [6.07, 6.45) is 5.72. The van der Waals surface area contributed by atoms with Crippen molar-refractivity contribution in [1.29, 1.82) is 0 Å². The number of benzene rings is 1. The first-order chi connectivity index (χ1) is 12.7. The van der Waals surface area contributed by atoms with Crippen LogP contribution in [0.3, 0.4) is 0 Å². The molecule has 3 rings (SSSR count). The highest BCUT2D eigenvalue weighted by Crippen LogP contribution is 2.28. The highest BCUT2D eigenvalue weighted by Gasteiger charge is 2.16. The van der Waals surface area contributed by atoms with Crippen LogP contribution in [0.1, 0.15) is 5.69 Å². The monoisotopic (exact) mass is 348 g/mol. The van der Waals surface area contributed by atoms with Crippen molar-refractivity contribution in [2.24, 2.45) is 0 Å². The van der Waals surface area contributed by atoms with Gasteiger partial charge in [0.15, 0.2) is 0 Å². The fraction of sp³-hybridized carbons (Fsp3) is 0.190. The number of ether oxygens (including phenoxy) is 1. The van der Waals surface area contributed by atoms with Crippen LogP contribution in [0.15, 0.2) is 67.9 Å². The Morgan fingerprint density at radius 2 is 1.81 bits per heavy atom. The average Bonchev–Trinajstić information content (AvgIpc) is 3.00.